The molecule has 0 aliphatic carbocycles. The van der Waals surface area contributed by atoms with Gasteiger partial charge in [0.05, 0.1) is 19.4 Å². The van der Waals surface area contributed by atoms with Crippen molar-refractivity contribution in [2.24, 2.45) is 0 Å². The highest BCUT2D eigenvalue weighted by molar-refractivity contribution is 5.30. The van der Waals surface area contributed by atoms with Crippen LogP contribution in [0, 0.1) is 0 Å². The monoisotopic (exact) mass is 184 g/mol. The fourth-order valence-electron chi connectivity index (χ4n) is 0.802. The number of ether oxygens (including phenoxy) is 2. The van der Waals surface area contributed by atoms with Crippen molar-refractivity contribution in [1.82, 2.24) is 9.97 Å². The zero-order valence-corrected chi connectivity index (χ0v) is 7.65. The van der Waals surface area contributed by atoms with E-state index in [1.165, 1.54) is 6.20 Å². The molecule has 0 aromatic carbocycles. The fourth-order valence-corrected chi connectivity index (χ4v) is 0.802. The molecule has 72 valence electrons. The molecule has 0 saturated heterocycles. The molecule has 1 heterocycles. The Morgan fingerprint density at radius 3 is 2.54 bits per heavy atom. The predicted octanol–water partition coefficient (Wildman–Crippen LogP) is 0.980. The number of aromatic nitrogens is 2. The smallest absolute Gasteiger partial charge is 0.319 e. The maximum atomic E-state index is 9.29. The number of nitrogens with zero attached hydrogens (tertiary/aromatic N) is 2. The summed E-state index contributed by atoms with van der Waals surface area (Å²) in [6, 6.07) is 0.156. The third-order valence-corrected chi connectivity index (χ3v) is 1.29. The molecule has 0 radical (unpaired) electrons. The lowest BCUT2D eigenvalue weighted by Gasteiger charge is -2.05. The van der Waals surface area contributed by atoms with Crippen LogP contribution in [-0.4, -0.2) is 28.3 Å². The van der Waals surface area contributed by atoms with Crippen LogP contribution in [0.3, 0.4) is 0 Å². The molecule has 0 atom stereocenters. The lowest BCUT2D eigenvalue weighted by Crippen LogP contribution is -1.99. The van der Waals surface area contributed by atoms with Crippen LogP contribution in [0.5, 0.6) is 17.6 Å². The largest absolute Gasteiger partial charge is 0.490 e. The van der Waals surface area contributed by atoms with E-state index in [2.05, 4.69) is 9.97 Å². The molecule has 0 spiro atoms. The van der Waals surface area contributed by atoms with Gasteiger partial charge in [-0.05, 0) is 13.8 Å². The summed E-state index contributed by atoms with van der Waals surface area (Å²) >= 11 is 0. The standard InChI is InChI=1S/C8H12N2O3/c1-3-12-6-5-9-8(13-4-2)10-7(6)11/h5H,3-4H2,1-2H3,(H,9,10,11). The van der Waals surface area contributed by atoms with Crippen molar-refractivity contribution in [1.29, 1.82) is 0 Å². The Hall–Kier alpha value is -1.52. The first-order chi connectivity index (χ1) is 6.27. The van der Waals surface area contributed by atoms with Crippen LogP contribution in [0.25, 0.3) is 0 Å². The van der Waals surface area contributed by atoms with E-state index in [0.29, 0.717) is 13.2 Å². The van der Waals surface area contributed by atoms with Crippen molar-refractivity contribution in [2.45, 2.75) is 13.8 Å². The second-order valence-corrected chi connectivity index (χ2v) is 2.21. The normalized spacial score (nSPS) is 9.69. The summed E-state index contributed by atoms with van der Waals surface area (Å²) in [7, 11) is 0. The maximum Gasteiger partial charge on any atom is 0.319 e. The number of aromatic hydroxyl groups is 1. The van der Waals surface area contributed by atoms with Gasteiger partial charge in [0.15, 0.2) is 5.75 Å². The van der Waals surface area contributed by atoms with Gasteiger partial charge in [0.1, 0.15) is 0 Å². The lowest BCUT2D eigenvalue weighted by molar-refractivity contribution is 0.284. The minimum absolute atomic E-state index is 0.156. The van der Waals surface area contributed by atoms with Crippen LogP contribution in [0.15, 0.2) is 6.20 Å². The first-order valence-corrected chi connectivity index (χ1v) is 4.09. The third-order valence-electron chi connectivity index (χ3n) is 1.29. The highest BCUT2D eigenvalue weighted by Crippen LogP contribution is 2.23. The van der Waals surface area contributed by atoms with Gasteiger partial charge < -0.3 is 14.6 Å². The van der Waals surface area contributed by atoms with Gasteiger partial charge in [-0.2, -0.15) is 9.97 Å². The quantitative estimate of drug-likeness (QED) is 0.755. The number of hydrogen-bond acceptors (Lipinski definition) is 5. The molecule has 5 nitrogen and oxygen atoms in total. The van der Waals surface area contributed by atoms with Crippen LogP contribution < -0.4 is 9.47 Å². The molecule has 1 N–H and O–H groups in total. The van der Waals surface area contributed by atoms with Crippen LogP contribution in [0.1, 0.15) is 13.8 Å². The van der Waals surface area contributed by atoms with Crippen molar-refractivity contribution < 1.29 is 14.6 Å². The van der Waals surface area contributed by atoms with Crippen molar-refractivity contribution in [3.05, 3.63) is 6.20 Å². The first-order valence-electron chi connectivity index (χ1n) is 4.09. The Labute approximate surface area is 76.4 Å². The maximum absolute atomic E-state index is 9.29. The Morgan fingerprint density at radius 1 is 1.31 bits per heavy atom. The van der Waals surface area contributed by atoms with Gasteiger partial charge in [-0.3, -0.25) is 0 Å². The van der Waals surface area contributed by atoms with Gasteiger partial charge in [-0.25, -0.2) is 0 Å². The summed E-state index contributed by atoms with van der Waals surface area (Å²) in [5.74, 6) is 0.0752. The zero-order valence-electron chi connectivity index (χ0n) is 7.65. The van der Waals surface area contributed by atoms with E-state index in [-0.39, 0.29) is 17.6 Å². The molecule has 5 heteroatoms. The SMILES string of the molecule is CCOc1ncc(OCC)c(O)n1. The summed E-state index contributed by atoms with van der Waals surface area (Å²) in [4.78, 5) is 7.51. The molecule has 0 fully saturated rings. The molecular formula is C8H12N2O3. The van der Waals surface area contributed by atoms with Gasteiger partial charge in [0, 0.05) is 0 Å². The van der Waals surface area contributed by atoms with Gasteiger partial charge in [0.25, 0.3) is 5.88 Å². The lowest BCUT2D eigenvalue weighted by atomic mass is 10.5. The molecule has 0 aliphatic heterocycles. The van der Waals surface area contributed by atoms with E-state index >= 15 is 0 Å². The summed E-state index contributed by atoms with van der Waals surface area (Å²) < 4.78 is 10.0. The average Bonchev–Trinajstić information content (AvgIpc) is 2.10. The molecular weight excluding hydrogens is 172 g/mol. The van der Waals surface area contributed by atoms with Crippen LogP contribution in [-0.2, 0) is 0 Å². The Bertz CT molecular complexity index is 278. The van der Waals surface area contributed by atoms with E-state index in [1.807, 2.05) is 13.8 Å². The van der Waals surface area contributed by atoms with Crippen LogP contribution in [0.4, 0.5) is 0 Å². The highest BCUT2D eigenvalue weighted by atomic mass is 16.5. The van der Waals surface area contributed by atoms with E-state index in [0.717, 1.165) is 0 Å². The summed E-state index contributed by atoms with van der Waals surface area (Å²) in [5, 5.41) is 9.29. The van der Waals surface area contributed by atoms with Crippen molar-refractivity contribution in [2.75, 3.05) is 13.2 Å². The van der Waals surface area contributed by atoms with Gasteiger partial charge in [0.2, 0.25) is 0 Å². The molecule has 0 saturated carbocycles. The molecule has 0 bridgehead atoms. The Balaban J connectivity index is 2.79. The first kappa shape index (κ1) is 9.57. The van der Waals surface area contributed by atoms with Crippen molar-refractivity contribution >= 4 is 0 Å². The number of rotatable bonds is 4. The summed E-state index contributed by atoms with van der Waals surface area (Å²) in [5.41, 5.74) is 0. The van der Waals surface area contributed by atoms with E-state index < -0.39 is 0 Å². The third kappa shape index (κ3) is 2.47. The molecule has 13 heavy (non-hydrogen) atoms. The predicted molar refractivity (Wildman–Crippen MR) is 46.0 cm³/mol. The zero-order chi connectivity index (χ0) is 9.68. The topological polar surface area (TPSA) is 64.5 Å². The summed E-state index contributed by atoms with van der Waals surface area (Å²) in [6.07, 6.45) is 1.39. The Kier molecular flexibility index (Phi) is 3.31. The molecule has 1 aromatic rings. The average molecular weight is 184 g/mol. The molecule has 0 aliphatic rings. The molecule has 1 aromatic heterocycles. The van der Waals surface area contributed by atoms with Gasteiger partial charge in [-0.15, -0.1) is 0 Å². The fraction of sp³-hybridized carbons (Fsp3) is 0.500. The minimum atomic E-state index is -0.194. The molecule has 0 unspecified atom stereocenters. The van der Waals surface area contributed by atoms with Crippen molar-refractivity contribution in [3.63, 3.8) is 0 Å². The van der Waals surface area contributed by atoms with E-state index in [1.54, 1.807) is 0 Å². The highest BCUT2D eigenvalue weighted by Gasteiger charge is 2.06. The van der Waals surface area contributed by atoms with Gasteiger partial charge >= 0.3 is 6.01 Å². The summed E-state index contributed by atoms with van der Waals surface area (Å²) in [6.45, 7) is 4.56. The number of hydrogen-bond donors (Lipinski definition) is 1. The molecule has 0 amide bonds. The molecule has 1 rings (SSSR count). The second-order valence-electron chi connectivity index (χ2n) is 2.21. The second kappa shape index (κ2) is 4.49. The van der Waals surface area contributed by atoms with Gasteiger partial charge in [-0.1, -0.05) is 0 Å². The Morgan fingerprint density at radius 2 is 2.00 bits per heavy atom. The van der Waals surface area contributed by atoms with Crippen LogP contribution >= 0.6 is 0 Å². The van der Waals surface area contributed by atoms with Crippen LogP contribution in [0.2, 0.25) is 0 Å². The van der Waals surface area contributed by atoms with E-state index in [4.69, 9.17) is 9.47 Å². The van der Waals surface area contributed by atoms with Crippen molar-refractivity contribution in [3.8, 4) is 17.6 Å². The minimum Gasteiger partial charge on any atom is -0.490 e. The van der Waals surface area contributed by atoms with E-state index in [9.17, 15) is 5.11 Å².